The van der Waals surface area contributed by atoms with E-state index in [0.717, 1.165) is 24.8 Å². The summed E-state index contributed by atoms with van der Waals surface area (Å²) in [4.78, 5) is 26.9. The lowest BCUT2D eigenvalue weighted by Crippen LogP contribution is -2.41. The highest BCUT2D eigenvalue weighted by atomic mass is 16.5. The van der Waals surface area contributed by atoms with Crippen molar-refractivity contribution in [3.8, 4) is 0 Å². The van der Waals surface area contributed by atoms with Crippen molar-refractivity contribution in [2.45, 2.75) is 32.2 Å². The van der Waals surface area contributed by atoms with Gasteiger partial charge in [-0.3, -0.25) is 9.59 Å². The lowest BCUT2D eigenvalue weighted by molar-refractivity contribution is -0.119. The summed E-state index contributed by atoms with van der Waals surface area (Å²) in [6, 6.07) is 5.60. The highest BCUT2D eigenvalue weighted by Crippen LogP contribution is 2.27. The second-order valence-corrected chi connectivity index (χ2v) is 6.64. The van der Waals surface area contributed by atoms with Crippen molar-refractivity contribution in [3.05, 3.63) is 29.3 Å². The zero-order chi connectivity index (χ0) is 17.1. The van der Waals surface area contributed by atoms with Crippen molar-refractivity contribution >= 4 is 17.5 Å². The van der Waals surface area contributed by atoms with Crippen molar-refractivity contribution in [2.75, 3.05) is 31.6 Å². The Kier molecular flexibility index (Phi) is 5.16. The molecule has 1 saturated heterocycles. The third-order valence-electron chi connectivity index (χ3n) is 4.96. The van der Waals surface area contributed by atoms with Gasteiger partial charge in [0.1, 0.15) is 0 Å². The molecular weight excluding hydrogens is 306 g/mol. The molecule has 6 nitrogen and oxygen atoms in total. The van der Waals surface area contributed by atoms with Crippen molar-refractivity contribution in [2.24, 2.45) is 11.7 Å². The van der Waals surface area contributed by atoms with Gasteiger partial charge in [-0.1, -0.05) is 6.07 Å². The number of hydrogen-bond acceptors (Lipinski definition) is 4. The maximum absolute atomic E-state index is 12.7. The van der Waals surface area contributed by atoms with Crippen LogP contribution in [0.5, 0.6) is 0 Å². The molecule has 0 radical (unpaired) electrons. The summed E-state index contributed by atoms with van der Waals surface area (Å²) in [5.41, 5.74) is 8.05. The molecule has 2 amide bonds. The summed E-state index contributed by atoms with van der Waals surface area (Å²) in [6.07, 6.45) is 2.46. The van der Waals surface area contributed by atoms with Gasteiger partial charge < -0.3 is 20.7 Å². The second-order valence-electron chi connectivity index (χ2n) is 6.64. The average Bonchev–Trinajstić information content (AvgIpc) is 3.03. The molecule has 2 aliphatic rings. The molecule has 2 atom stereocenters. The predicted octanol–water partition coefficient (Wildman–Crippen LogP) is 1.53. The smallest absolute Gasteiger partial charge is 0.254 e. The normalized spacial score (nSPS) is 24.0. The van der Waals surface area contributed by atoms with Gasteiger partial charge in [0.25, 0.3) is 5.91 Å². The highest BCUT2D eigenvalue weighted by molar-refractivity contribution is 5.99. The molecular formula is C18H25N3O3. The van der Waals surface area contributed by atoms with Gasteiger partial charge in [0, 0.05) is 36.3 Å². The number of rotatable bonds is 3. The molecule has 1 aliphatic heterocycles. The molecule has 0 bridgehead atoms. The van der Waals surface area contributed by atoms with E-state index in [1.807, 2.05) is 25.1 Å². The van der Waals surface area contributed by atoms with Crippen LogP contribution in [0.4, 0.5) is 5.69 Å². The van der Waals surface area contributed by atoms with Gasteiger partial charge in [-0.2, -0.15) is 0 Å². The Hall–Kier alpha value is -1.92. The van der Waals surface area contributed by atoms with E-state index in [2.05, 4.69) is 5.32 Å². The minimum atomic E-state index is -0.0296. The molecule has 1 heterocycles. The van der Waals surface area contributed by atoms with Crippen molar-refractivity contribution in [3.63, 3.8) is 0 Å². The van der Waals surface area contributed by atoms with Gasteiger partial charge in [0.05, 0.1) is 13.2 Å². The Morgan fingerprint density at radius 1 is 1.25 bits per heavy atom. The van der Waals surface area contributed by atoms with E-state index in [9.17, 15) is 9.59 Å². The van der Waals surface area contributed by atoms with Crippen LogP contribution in [0.25, 0.3) is 0 Å². The minimum Gasteiger partial charge on any atom is -0.378 e. The van der Waals surface area contributed by atoms with Gasteiger partial charge in [0.15, 0.2) is 0 Å². The van der Waals surface area contributed by atoms with Crippen LogP contribution in [0.15, 0.2) is 18.2 Å². The zero-order valence-corrected chi connectivity index (χ0v) is 14.1. The minimum absolute atomic E-state index is 0.00187. The average molecular weight is 331 g/mol. The maximum atomic E-state index is 12.7. The summed E-state index contributed by atoms with van der Waals surface area (Å²) >= 11 is 0. The summed E-state index contributed by atoms with van der Waals surface area (Å²) < 4.78 is 5.30. The fourth-order valence-electron chi connectivity index (χ4n) is 3.43. The molecule has 3 N–H and O–H groups in total. The van der Waals surface area contributed by atoms with E-state index in [1.54, 1.807) is 4.90 Å². The molecule has 130 valence electrons. The summed E-state index contributed by atoms with van der Waals surface area (Å²) in [5.74, 6) is -0.0326. The number of nitrogens with zero attached hydrogens (tertiary/aromatic N) is 1. The fourth-order valence-corrected chi connectivity index (χ4v) is 3.43. The topological polar surface area (TPSA) is 84.7 Å². The number of ether oxygens (including phenoxy) is 1. The molecule has 1 aromatic carbocycles. The van der Waals surface area contributed by atoms with Crippen LogP contribution < -0.4 is 11.1 Å². The van der Waals surface area contributed by atoms with Crippen LogP contribution in [0.2, 0.25) is 0 Å². The number of amides is 2. The maximum Gasteiger partial charge on any atom is 0.254 e. The molecule has 2 unspecified atom stereocenters. The standard InChI is InChI=1S/C18H25N3O3/c1-12-15(18(23)21-7-9-24-10-8-21)3-2-4-16(12)20-17(22)13-5-6-14(19)11-13/h2-4,13-14H,5-11,19H2,1H3,(H,20,22). The first kappa shape index (κ1) is 16.9. The molecule has 1 aliphatic carbocycles. The number of carbonyl (C=O) groups is 2. The van der Waals surface area contributed by atoms with Gasteiger partial charge >= 0.3 is 0 Å². The number of nitrogens with one attached hydrogen (secondary N) is 1. The number of benzene rings is 1. The summed E-state index contributed by atoms with van der Waals surface area (Å²) in [6.45, 7) is 4.24. The Morgan fingerprint density at radius 3 is 2.67 bits per heavy atom. The monoisotopic (exact) mass is 331 g/mol. The molecule has 1 saturated carbocycles. The van der Waals surface area contributed by atoms with Crippen LogP contribution in [-0.4, -0.2) is 49.1 Å². The van der Waals surface area contributed by atoms with Crippen LogP contribution in [0, 0.1) is 12.8 Å². The Morgan fingerprint density at radius 2 is 2.00 bits per heavy atom. The van der Waals surface area contributed by atoms with Crippen LogP contribution in [-0.2, 0) is 9.53 Å². The van der Waals surface area contributed by atoms with E-state index < -0.39 is 0 Å². The SMILES string of the molecule is Cc1c(NC(=O)C2CCC(N)C2)cccc1C(=O)N1CCOCC1. The van der Waals surface area contributed by atoms with Gasteiger partial charge in [-0.15, -0.1) is 0 Å². The van der Waals surface area contributed by atoms with Crippen LogP contribution in [0.1, 0.15) is 35.2 Å². The zero-order valence-electron chi connectivity index (χ0n) is 14.1. The molecule has 0 spiro atoms. The van der Waals surface area contributed by atoms with E-state index in [-0.39, 0.29) is 23.8 Å². The van der Waals surface area contributed by atoms with E-state index in [0.29, 0.717) is 37.6 Å². The lowest BCUT2D eigenvalue weighted by Gasteiger charge is -2.27. The number of hydrogen-bond donors (Lipinski definition) is 2. The highest BCUT2D eigenvalue weighted by Gasteiger charge is 2.28. The number of carbonyl (C=O) groups excluding carboxylic acids is 2. The van der Waals surface area contributed by atoms with E-state index in [4.69, 9.17) is 10.5 Å². The summed E-state index contributed by atoms with van der Waals surface area (Å²) in [7, 11) is 0. The first-order chi connectivity index (χ1) is 11.6. The van der Waals surface area contributed by atoms with E-state index >= 15 is 0 Å². The molecule has 0 aromatic heterocycles. The fraction of sp³-hybridized carbons (Fsp3) is 0.556. The van der Waals surface area contributed by atoms with Crippen LogP contribution in [0.3, 0.4) is 0 Å². The Balaban J connectivity index is 1.73. The second kappa shape index (κ2) is 7.32. The number of morpholine rings is 1. The van der Waals surface area contributed by atoms with Crippen LogP contribution >= 0.6 is 0 Å². The predicted molar refractivity (Wildman–Crippen MR) is 91.8 cm³/mol. The first-order valence-electron chi connectivity index (χ1n) is 8.59. The van der Waals surface area contributed by atoms with Crippen molar-refractivity contribution in [1.29, 1.82) is 0 Å². The van der Waals surface area contributed by atoms with Gasteiger partial charge in [0.2, 0.25) is 5.91 Å². The summed E-state index contributed by atoms with van der Waals surface area (Å²) in [5, 5.41) is 2.98. The third kappa shape index (κ3) is 3.60. The van der Waals surface area contributed by atoms with Gasteiger partial charge in [-0.25, -0.2) is 0 Å². The molecule has 3 rings (SSSR count). The Bertz CT molecular complexity index is 626. The lowest BCUT2D eigenvalue weighted by atomic mass is 10.0. The number of anilines is 1. The Labute approximate surface area is 142 Å². The van der Waals surface area contributed by atoms with E-state index in [1.165, 1.54) is 0 Å². The molecule has 6 heteroatoms. The first-order valence-corrected chi connectivity index (χ1v) is 8.59. The quantitative estimate of drug-likeness (QED) is 0.880. The molecule has 2 fully saturated rings. The van der Waals surface area contributed by atoms with Crippen molar-refractivity contribution < 1.29 is 14.3 Å². The third-order valence-corrected chi connectivity index (χ3v) is 4.96. The van der Waals surface area contributed by atoms with Gasteiger partial charge in [-0.05, 0) is 43.9 Å². The molecule has 24 heavy (non-hydrogen) atoms. The largest absolute Gasteiger partial charge is 0.378 e. The molecule has 1 aromatic rings. The number of nitrogens with two attached hydrogens (primary N) is 1. The van der Waals surface area contributed by atoms with Crippen molar-refractivity contribution in [1.82, 2.24) is 4.90 Å².